The third-order valence-corrected chi connectivity index (χ3v) is 5.48. The van der Waals surface area contributed by atoms with E-state index >= 15 is 0 Å². The van der Waals surface area contributed by atoms with Gasteiger partial charge in [-0.05, 0) is 36.8 Å². The first-order valence-corrected chi connectivity index (χ1v) is 7.24. The van der Waals surface area contributed by atoms with Crippen molar-refractivity contribution >= 4 is 17.4 Å². The van der Waals surface area contributed by atoms with Crippen molar-refractivity contribution in [3.63, 3.8) is 0 Å². The Bertz CT molecular complexity index is 394. The molecular weight excluding hydrogens is 214 g/mol. The van der Waals surface area contributed by atoms with Crippen LogP contribution in [0.4, 0.5) is 5.69 Å². The maximum absolute atomic E-state index is 3.71. The lowest BCUT2D eigenvalue weighted by Gasteiger charge is -2.26. The quantitative estimate of drug-likeness (QED) is 0.725. The average Bonchev–Trinajstić information content (AvgIpc) is 2.65. The number of fused-ring (bicyclic) bond motifs is 1. The molecular formula is C14H19NS. The maximum Gasteiger partial charge on any atom is 0.0508 e. The molecule has 2 aliphatic rings. The topological polar surface area (TPSA) is 12.0 Å². The van der Waals surface area contributed by atoms with Crippen molar-refractivity contribution in [3.8, 4) is 0 Å². The van der Waals surface area contributed by atoms with Crippen LogP contribution >= 0.6 is 11.8 Å². The molecule has 1 nitrogen and oxygen atoms in total. The van der Waals surface area contributed by atoms with Gasteiger partial charge in [0.1, 0.15) is 0 Å². The molecule has 1 N–H and O–H groups in total. The highest BCUT2D eigenvalue weighted by Crippen LogP contribution is 2.46. The van der Waals surface area contributed by atoms with Crippen LogP contribution < -0.4 is 5.32 Å². The number of benzene rings is 1. The SMILES string of the molecule is Cc1cccc2c1NCC1(CCCC1)CS2. The van der Waals surface area contributed by atoms with Crippen LogP contribution in [-0.2, 0) is 0 Å². The standard InChI is InChI=1S/C14H19NS/c1-11-5-4-6-12-13(11)15-9-14(10-16-12)7-2-3-8-14/h4-6,15H,2-3,7-10H2,1H3. The van der Waals surface area contributed by atoms with E-state index in [4.69, 9.17) is 0 Å². The minimum Gasteiger partial charge on any atom is -0.383 e. The minimum absolute atomic E-state index is 0.579. The van der Waals surface area contributed by atoms with E-state index in [2.05, 4.69) is 42.2 Å². The second kappa shape index (κ2) is 3.99. The summed E-state index contributed by atoms with van der Waals surface area (Å²) in [5.74, 6) is 1.30. The summed E-state index contributed by atoms with van der Waals surface area (Å²) in [7, 11) is 0. The molecule has 2 heteroatoms. The second-order valence-corrected chi connectivity index (χ2v) is 6.31. The summed E-state index contributed by atoms with van der Waals surface area (Å²) in [5, 5.41) is 3.71. The van der Waals surface area contributed by atoms with Gasteiger partial charge in [0, 0.05) is 17.2 Å². The van der Waals surface area contributed by atoms with Crippen LogP contribution in [0.5, 0.6) is 0 Å². The predicted octanol–water partition coefficient (Wildman–Crippen LogP) is 4.07. The third-order valence-electron chi connectivity index (χ3n) is 4.07. The van der Waals surface area contributed by atoms with Gasteiger partial charge in [-0.3, -0.25) is 0 Å². The predicted molar refractivity (Wildman–Crippen MR) is 71.3 cm³/mol. The lowest BCUT2D eigenvalue weighted by molar-refractivity contribution is 0.373. The van der Waals surface area contributed by atoms with Gasteiger partial charge < -0.3 is 5.32 Å². The van der Waals surface area contributed by atoms with Crippen molar-refractivity contribution < 1.29 is 0 Å². The van der Waals surface area contributed by atoms with Gasteiger partial charge in [-0.2, -0.15) is 0 Å². The van der Waals surface area contributed by atoms with E-state index in [9.17, 15) is 0 Å². The number of para-hydroxylation sites is 1. The fraction of sp³-hybridized carbons (Fsp3) is 0.571. The van der Waals surface area contributed by atoms with Crippen LogP contribution in [0, 0.1) is 12.3 Å². The Hall–Kier alpha value is -0.630. The highest BCUT2D eigenvalue weighted by molar-refractivity contribution is 7.99. The molecule has 3 rings (SSSR count). The van der Waals surface area contributed by atoms with Crippen molar-refractivity contribution in [3.05, 3.63) is 23.8 Å². The Morgan fingerprint density at radius 2 is 2.06 bits per heavy atom. The van der Waals surface area contributed by atoms with Crippen molar-refractivity contribution in [1.82, 2.24) is 0 Å². The van der Waals surface area contributed by atoms with Gasteiger partial charge in [0.05, 0.1) is 5.69 Å². The average molecular weight is 233 g/mol. The summed E-state index contributed by atoms with van der Waals surface area (Å²) < 4.78 is 0. The molecule has 1 aromatic carbocycles. The first-order chi connectivity index (χ1) is 7.79. The minimum atomic E-state index is 0.579. The number of nitrogens with one attached hydrogen (secondary N) is 1. The Morgan fingerprint density at radius 3 is 2.88 bits per heavy atom. The van der Waals surface area contributed by atoms with E-state index < -0.39 is 0 Å². The Balaban J connectivity index is 1.89. The van der Waals surface area contributed by atoms with Crippen molar-refractivity contribution in [2.24, 2.45) is 5.41 Å². The van der Waals surface area contributed by atoms with Gasteiger partial charge in [0.15, 0.2) is 0 Å². The monoisotopic (exact) mass is 233 g/mol. The van der Waals surface area contributed by atoms with Gasteiger partial charge in [0.25, 0.3) is 0 Å². The Morgan fingerprint density at radius 1 is 1.25 bits per heavy atom. The zero-order chi connectivity index (χ0) is 11.0. The number of thioether (sulfide) groups is 1. The number of hydrogen-bond donors (Lipinski definition) is 1. The van der Waals surface area contributed by atoms with Gasteiger partial charge >= 0.3 is 0 Å². The molecule has 1 saturated carbocycles. The summed E-state index contributed by atoms with van der Waals surface area (Å²) in [6, 6.07) is 6.64. The van der Waals surface area contributed by atoms with Crippen molar-refractivity contribution in [2.75, 3.05) is 17.6 Å². The Kier molecular flexibility index (Phi) is 2.62. The summed E-state index contributed by atoms with van der Waals surface area (Å²) in [6.45, 7) is 3.39. The maximum atomic E-state index is 3.71. The number of aryl methyl sites for hydroxylation is 1. The molecule has 0 radical (unpaired) electrons. The molecule has 0 amide bonds. The first kappa shape index (κ1) is 10.5. The van der Waals surface area contributed by atoms with Crippen LogP contribution in [0.1, 0.15) is 31.2 Å². The lowest BCUT2D eigenvalue weighted by atomic mass is 9.88. The number of anilines is 1. The van der Waals surface area contributed by atoms with Gasteiger partial charge in [-0.15, -0.1) is 11.8 Å². The molecule has 1 heterocycles. The molecule has 1 fully saturated rings. The lowest BCUT2D eigenvalue weighted by Crippen LogP contribution is -2.27. The third kappa shape index (κ3) is 1.73. The summed E-state index contributed by atoms with van der Waals surface area (Å²) in [5.41, 5.74) is 3.35. The van der Waals surface area contributed by atoms with E-state index in [1.54, 1.807) is 0 Å². The van der Waals surface area contributed by atoms with Crippen LogP contribution in [0.25, 0.3) is 0 Å². The molecule has 0 atom stereocenters. The molecule has 1 spiro atoms. The van der Waals surface area contributed by atoms with E-state index in [0.717, 1.165) is 0 Å². The summed E-state index contributed by atoms with van der Waals surface area (Å²) in [6.07, 6.45) is 5.69. The second-order valence-electron chi connectivity index (χ2n) is 5.30. The number of hydrogen-bond acceptors (Lipinski definition) is 2. The van der Waals surface area contributed by atoms with E-state index in [0.29, 0.717) is 5.41 Å². The molecule has 1 aliphatic carbocycles. The fourth-order valence-corrected chi connectivity index (χ4v) is 4.40. The van der Waals surface area contributed by atoms with Crippen LogP contribution in [-0.4, -0.2) is 12.3 Å². The fourth-order valence-electron chi connectivity index (χ4n) is 2.99. The van der Waals surface area contributed by atoms with Crippen molar-refractivity contribution in [1.29, 1.82) is 0 Å². The zero-order valence-electron chi connectivity index (χ0n) is 9.88. The molecule has 1 aromatic rings. The van der Waals surface area contributed by atoms with Gasteiger partial charge in [0.2, 0.25) is 0 Å². The Labute approximate surface area is 102 Å². The highest BCUT2D eigenvalue weighted by atomic mass is 32.2. The van der Waals surface area contributed by atoms with E-state index in [-0.39, 0.29) is 0 Å². The summed E-state index contributed by atoms with van der Waals surface area (Å²) >= 11 is 2.06. The van der Waals surface area contributed by atoms with Crippen LogP contribution in [0.2, 0.25) is 0 Å². The highest BCUT2D eigenvalue weighted by Gasteiger charge is 2.35. The molecule has 0 aromatic heterocycles. The molecule has 1 aliphatic heterocycles. The van der Waals surface area contributed by atoms with Crippen LogP contribution in [0.3, 0.4) is 0 Å². The molecule has 86 valence electrons. The number of rotatable bonds is 0. The van der Waals surface area contributed by atoms with Gasteiger partial charge in [-0.1, -0.05) is 25.0 Å². The van der Waals surface area contributed by atoms with Crippen LogP contribution in [0.15, 0.2) is 23.1 Å². The first-order valence-electron chi connectivity index (χ1n) is 6.25. The normalized spacial score (nSPS) is 22.6. The summed E-state index contributed by atoms with van der Waals surface area (Å²) in [4.78, 5) is 1.45. The molecule has 16 heavy (non-hydrogen) atoms. The largest absolute Gasteiger partial charge is 0.383 e. The van der Waals surface area contributed by atoms with E-state index in [1.165, 1.54) is 54.1 Å². The van der Waals surface area contributed by atoms with Gasteiger partial charge in [-0.25, -0.2) is 0 Å². The molecule has 0 bridgehead atoms. The smallest absolute Gasteiger partial charge is 0.0508 e. The van der Waals surface area contributed by atoms with Crippen molar-refractivity contribution in [2.45, 2.75) is 37.5 Å². The zero-order valence-corrected chi connectivity index (χ0v) is 10.7. The van der Waals surface area contributed by atoms with E-state index in [1.807, 2.05) is 0 Å². The molecule has 0 unspecified atom stereocenters. The molecule has 0 saturated heterocycles.